The van der Waals surface area contributed by atoms with E-state index in [1.165, 1.54) is 10.2 Å². The Labute approximate surface area is 120 Å². The first-order valence-corrected chi connectivity index (χ1v) is 7.31. The van der Waals surface area contributed by atoms with E-state index in [1.807, 2.05) is 25.2 Å². The Kier molecular flexibility index (Phi) is 2.50. The van der Waals surface area contributed by atoms with Crippen LogP contribution in [-0.2, 0) is 0 Å². The molecular formula is C16H13N3S. The zero-order chi connectivity index (χ0) is 13.5. The van der Waals surface area contributed by atoms with Crippen molar-refractivity contribution < 1.29 is 0 Å². The van der Waals surface area contributed by atoms with E-state index in [4.69, 9.17) is 4.98 Å². The molecule has 0 aliphatic heterocycles. The van der Waals surface area contributed by atoms with Gasteiger partial charge < -0.3 is 5.32 Å². The molecule has 0 saturated carbocycles. The van der Waals surface area contributed by atoms with E-state index in [0.717, 1.165) is 21.9 Å². The molecule has 0 aliphatic rings. The molecule has 0 bridgehead atoms. The minimum absolute atomic E-state index is 1.02. The quantitative estimate of drug-likeness (QED) is 0.594. The van der Waals surface area contributed by atoms with Gasteiger partial charge in [-0.25, -0.2) is 4.98 Å². The third kappa shape index (κ3) is 1.69. The molecule has 2 aromatic heterocycles. The molecule has 0 aliphatic carbocycles. The van der Waals surface area contributed by atoms with Gasteiger partial charge in [0, 0.05) is 24.5 Å². The second-order valence-corrected chi connectivity index (χ2v) is 5.69. The summed E-state index contributed by atoms with van der Waals surface area (Å²) >= 11 is 1.72. The van der Waals surface area contributed by atoms with Crippen LogP contribution < -0.4 is 5.32 Å². The van der Waals surface area contributed by atoms with Crippen molar-refractivity contribution in [2.75, 3.05) is 12.4 Å². The summed E-state index contributed by atoms with van der Waals surface area (Å²) in [5.74, 6) is 0. The van der Waals surface area contributed by atoms with Gasteiger partial charge in [0.05, 0.1) is 15.9 Å². The van der Waals surface area contributed by atoms with E-state index in [-0.39, 0.29) is 0 Å². The molecule has 0 spiro atoms. The van der Waals surface area contributed by atoms with Crippen LogP contribution in [0, 0.1) is 0 Å². The molecule has 20 heavy (non-hydrogen) atoms. The molecule has 2 heterocycles. The summed E-state index contributed by atoms with van der Waals surface area (Å²) in [6.45, 7) is 0. The number of fused-ring (bicyclic) bond motifs is 3. The lowest BCUT2D eigenvalue weighted by molar-refractivity contribution is 1.30. The van der Waals surface area contributed by atoms with E-state index in [1.54, 1.807) is 11.3 Å². The van der Waals surface area contributed by atoms with Gasteiger partial charge in [-0.1, -0.05) is 41.7 Å². The number of thiazole rings is 1. The Bertz CT molecular complexity index is 890. The first-order chi connectivity index (χ1) is 9.85. The number of aromatic nitrogens is 2. The number of imidazole rings is 1. The van der Waals surface area contributed by atoms with E-state index in [0.29, 0.717) is 0 Å². The van der Waals surface area contributed by atoms with Gasteiger partial charge in [-0.2, -0.15) is 0 Å². The fraction of sp³-hybridized carbons (Fsp3) is 0.0625. The number of rotatable bonds is 2. The summed E-state index contributed by atoms with van der Waals surface area (Å²) in [6.07, 6.45) is 2.11. The summed E-state index contributed by atoms with van der Waals surface area (Å²) < 4.78 is 3.42. The van der Waals surface area contributed by atoms with Gasteiger partial charge in [-0.3, -0.25) is 4.40 Å². The van der Waals surface area contributed by atoms with Crippen LogP contribution in [0.2, 0.25) is 0 Å². The van der Waals surface area contributed by atoms with Crippen molar-refractivity contribution in [3.05, 3.63) is 54.7 Å². The summed E-state index contributed by atoms with van der Waals surface area (Å²) in [4.78, 5) is 5.77. The van der Waals surface area contributed by atoms with Crippen LogP contribution in [0.1, 0.15) is 0 Å². The molecule has 1 N–H and O–H groups in total. The smallest absolute Gasteiger partial charge is 0.195 e. The topological polar surface area (TPSA) is 29.3 Å². The number of benzene rings is 2. The third-order valence-corrected chi connectivity index (χ3v) is 4.47. The van der Waals surface area contributed by atoms with Crippen LogP contribution in [0.5, 0.6) is 0 Å². The molecule has 0 radical (unpaired) electrons. The van der Waals surface area contributed by atoms with Crippen molar-refractivity contribution in [2.45, 2.75) is 0 Å². The molecule has 0 fully saturated rings. The normalized spacial score (nSPS) is 11.2. The maximum atomic E-state index is 4.74. The molecule has 98 valence electrons. The highest BCUT2D eigenvalue weighted by molar-refractivity contribution is 7.23. The highest BCUT2D eigenvalue weighted by atomic mass is 32.1. The SMILES string of the molecule is CNc1ccc2c(c1)sc1nc(-c3ccccc3)cn12. The summed E-state index contributed by atoms with van der Waals surface area (Å²) in [6, 6.07) is 16.7. The molecule has 2 aromatic carbocycles. The van der Waals surface area contributed by atoms with Crippen LogP contribution >= 0.6 is 11.3 Å². The Morgan fingerprint density at radius 3 is 2.75 bits per heavy atom. The lowest BCUT2D eigenvalue weighted by Gasteiger charge is -1.98. The van der Waals surface area contributed by atoms with Crippen LogP contribution in [-0.4, -0.2) is 16.4 Å². The fourth-order valence-electron chi connectivity index (χ4n) is 2.40. The van der Waals surface area contributed by atoms with Gasteiger partial charge in [0.25, 0.3) is 0 Å². The van der Waals surface area contributed by atoms with Crippen molar-refractivity contribution >= 4 is 32.2 Å². The van der Waals surface area contributed by atoms with Gasteiger partial charge in [-0.15, -0.1) is 0 Å². The molecular weight excluding hydrogens is 266 g/mol. The predicted molar refractivity (Wildman–Crippen MR) is 85.6 cm³/mol. The Morgan fingerprint density at radius 1 is 1.10 bits per heavy atom. The lowest BCUT2D eigenvalue weighted by atomic mass is 10.2. The fourth-order valence-corrected chi connectivity index (χ4v) is 3.45. The first kappa shape index (κ1) is 11.5. The Hall–Kier alpha value is -2.33. The number of hydrogen-bond acceptors (Lipinski definition) is 3. The van der Waals surface area contributed by atoms with Gasteiger partial charge in [0.2, 0.25) is 0 Å². The average molecular weight is 279 g/mol. The highest BCUT2D eigenvalue weighted by Crippen LogP contribution is 2.30. The Morgan fingerprint density at radius 2 is 1.95 bits per heavy atom. The summed E-state index contributed by atoms with van der Waals surface area (Å²) in [5, 5.41) is 3.17. The second-order valence-electron chi connectivity index (χ2n) is 4.68. The summed E-state index contributed by atoms with van der Waals surface area (Å²) in [5.41, 5.74) is 4.52. The molecule has 0 saturated heterocycles. The first-order valence-electron chi connectivity index (χ1n) is 6.50. The average Bonchev–Trinajstić information content (AvgIpc) is 3.05. The van der Waals surface area contributed by atoms with Crippen LogP contribution in [0.25, 0.3) is 26.4 Å². The highest BCUT2D eigenvalue weighted by Gasteiger charge is 2.10. The number of hydrogen-bond donors (Lipinski definition) is 1. The molecule has 4 rings (SSSR count). The molecule has 3 nitrogen and oxygen atoms in total. The van der Waals surface area contributed by atoms with E-state index < -0.39 is 0 Å². The van der Waals surface area contributed by atoms with Crippen molar-refractivity contribution in [1.82, 2.24) is 9.38 Å². The zero-order valence-electron chi connectivity index (χ0n) is 11.0. The standard InChI is InChI=1S/C16H13N3S/c1-17-12-7-8-14-15(9-12)20-16-18-13(10-19(14)16)11-5-3-2-4-6-11/h2-10,17H,1H3. The van der Waals surface area contributed by atoms with Gasteiger partial charge in [0.15, 0.2) is 4.96 Å². The second kappa shape index (κ2) is 4.35. The van der Waals surface area contributed by atoms with Crippen molar-refractivity contribution in [3.8, 4) is 11.3 Å². The Balaban J connectivity index is 1.93. The van der Waals surface area contributed by atoms with Crippen molar-refractivity contribution in [1.29, 1.82) is 0 Å². The number of anilines is 1. The number of nitrogens with zero attached hydrogens (tertiary/aromatic N) is 2. The largest absolute Gasteiger partial charge is 0.388 e. The van der Waals surface area contributed by atoms with Crippen LogP contribution in [0.3, 0.4) is 0 Å². The van der Waals surface area contributed by atoms with E-state index in [2.05, 4.69) is 46.2 Å². The molecule has 4 aromatic rings. The van der Waals surface area contributed by atoms with Crippen molar-refractivity contribution in [2.24, 2.45) is 0 Å². The number of nitrogens with one attached hydrogen (secondary N) is 1. The van der Waals surface area contributed by atoms with Crippen LogP contribution in [0.4, 0.5) is 5.69 Å². The maximum Gasteiger partial charge on any atom is 0.195 e. The third-order valence-electron chi connectivity index (χ3n) is 3.45. The minimum Gasteiger partial charge on any atom is -0.388 e. The van der Waals surface area contributed by atoms with E-state index >= 15 is 0 Å². The van der Waals surface area contributed by atoms with Gasteiger partial charge >= 0.3 is 0 Å². The van der Waals surface area contributed by atoms with Gasteiger partial charge in [0.1, 0.15) is 0 Å². The maximum absolute atomic E-state index is 4.74. The molecule has 0 amide bonds. The summed E-state index contributed by atoms with van der Waals surface area (Å²) in [7, 11) is 1.94. The molecule has 4 heteroatoms. The predicted octanol–water partition coefficient (Wildman–Crippen LogP) is 4.26. The molecule has 0 unspecified atom stereocenters. The van der Waals surface area contributed by atoms with Gasteiger partial charge in [-0.05, 0) is 18.2 Å². The zero-order valence-corrected chi connectivity index (χ0v) is 11.8. The monoisotopic (exact) mass is 279 g/mol. The molecule has 0 atom stereocenters. The minimum atomic E-state index is 1.02. The van der Waals surface area contributed by atoms with Crippen molar-refractivity contribution in [3.63, 3.8) is 0 Å². The van der Waals surface area contributed by atoms with Crippen LogP contribution in [0.15, 0.2) is 54.7 Å². The lowest BCUT2D eigenvalue weighted by Crippen LogP contribution is -1.86. The van der Waals surface area contributed by atoms with E-state index in [9.17, 15) is 0 Å².